The molecule has 3 aromatic carbocycles. The van der Waals surface area contributed by atoms with Gasteiger partial charge in [-0.15, -0.1) is 0 Å². The molecule has 0 atom stereocenters. The monoisotopic (exact) mass is 546 g/mol. The van der Waals surface area contributed by atoms with Crippen LogP contribution in [0.5, 0.6) is 0 Å². The number of anilines is 2. The number of carbonyl (C=O) groups excluding carboxylic acids is 3. The maximum atomic E-state index is 13.3. The number of nitrogens with zero attached hydrogens (tertiary/aromatic N) is 1. The first-order chi connectivity index (χ1) is 18.1. The van der Waals surface area contributed by atoms with E-state index in [0.717, 1.165) is 12.1 Å². The second kappa shape index (κ2) is 11.7. The fourth-order valence-corrected chi connectivity index (χ4v) is 4.03. The molecule has 38 heavy (non-hydrogen) atoms. The lowest BCUT2D eigenvalue weighted by Gasteiger charge is -2.31. The van der Waals surface area contributed by atoms with Gasteiger partial charge in [-0.25, -0.2) is 4.79 Å². The lowest BCUT2D eigenvalue weighted by atomic mass is 9.98. The highest BCUT2D eigenvalue weighted by atomic mass is 35.5. The van der Waals surface area contributed by atoms with Crippen molar-refractivity contribution in [3.05, 3.63) is 94.0 Å². The molecule has 0 saturated carbocycles. The average molecular weight is 547 g/mol. The molecule has 0 unspecified atom stereocenters. The fraction of sp³-hybridized carbons (Fsp3) is 0.222. The Morgan fingerprint density at radius 3 is 2.26 bits per heavy atom. The van der Waals surface area contributed by atoms with Crippen LogP contribution in [0.1, 0.15) is 31.8 Å². The number of hydrogen-bond donors (Lipinski definition) is 1. The third kappa shape index (κ3) is 6.51. The van der Waals surface area contributed by atoms with Crippen molar-refractivity contribution < 1.29 is 37.0 Å². The lowest BCUT2D eigenvalue weighted by molar-refractivity contribution is -0.137. The van der Waals surface area contributed by atoms with Gasteiger partial charge >= 0.3 is 12.1 Å². The van der Waals surface area contributed by atoms with E-state index in [1.165, 1.54) is 36.4 Å². The Bertz CT molecular complexity index is 1340. The number of ether oxygens (including phenoxy) is 2. The Morgan fingerprint density at radius 1 is 0.947 bits per heavy atom. The van der Waals surface area contributed by atoms with Gasteiger partial charge in [-0.1, -0.05) is 29.8 Å². The fourth-order valence-electron chi connectivity index (χ4n) is 3.90. The molecule has 1 amide bonds. The zero-order valence-corrected chi connectivity index (χ0v) is 20.6. The number of benzene rings is 3. The van der Waals surface area contributed by atoms with Gasteiger partial charge in [0.1, 0.15) is 0 Å². The molecule has 1 saturated heterocycles. The van der Waals surface area contributed by atoms with E-state index in [-0.39, 0.29) is 16.8 Å². The minimum atomic E-state index is -4.62. The number of rotatable bonds is 7. The van der Waals surface area contributed by atoms with Gasteiger partial charge in [-0.3, -0.25) is 9.59 Å². The van der Waals surface area contributed by atoms with Gasteiger partial charge in [0.25, 0.3) is 5.91 Å². The van der Waals surface area contributed by atoms with Crippen molar-refractivity contribution in [2.45, 2.75) is 6.18 Å². The van der Waals surface area contributed by atoms with Crippen LogP contribution in [0.3, 0.4) is 0 Å². The van der Waals surface area contributed by atoms with Crippen LogP contribution in [0.4, 0.5) is 24.5 Å². The second-order valence-electron chi connectivity index (χ2n) is 8.34. The molecule has 7 nitrogen and oxygen atoms in total. The van der Waals surface area contributed by atoms with Crippen LogP contribution in [-0.2, 0) is 20.4 Å². The number of halogens is 4. The van der Waals surface area contributed by atoms with Gasteiger partial charge < -0.3 is 19.7 Å². The largest absolute Gasteiger partial charge is 0.452 e. The van der Waals surface area contributed by atoms with E-state index in [2.05, 4.69) is 5.32 Å². The van der Waals surface area contributed by atoms with Crippen LogP contribution >= 0.6 is 11.6 Å². The molecule has 1 aliphatic heterocycles. The highest BCUT2D eigenvalue weighted by Gasteiger charge is 2.32. The zero-order valence-electron chi connectivity index (χ0n) is 19.9. The van der Waals surface area contributed by atoms with Crippen LogP contribution < -0.4 is 10.2 Å². The number of esters is 1. The minimum absolute atomic E-state index is 0.0617. The summed E-state index contributed by atoms with van der Waals surface area (Å²) in [5.74, 6) is -2.22. The van der Waals surface area contributed by atoms with E-state index in [1.54, 1.807) is 23.1 Å². The molecule has 11 heteroatoms. The van der Waals surface area contributed by atoms with Gasteiger partial charge in [0.15, 0.2) is 12.4 Å². The first-order valence-electron chi connectivity index (χ1n) is 11.5. The summed E-state index contributed by atoms with van der Waals surface area (Å²) in [7, 11) is 0. The molecule has 1 fully saturated rings. The zero-order chi connectivity index (χ0) is 27.3. The Morgan fingerprint density at radius 2 is 1.61 bits per heavy atom. The van der Waals surface area contributed by atoms with Crippen molar-refractivity contribution in [3.63, 3.8) is 0 Å². The van der Waals surface area contributed by atoms with Gasteiger partial charge in [0.05, 0.1) is 35.7 Å². The summed E-state index contributed by atoms with van der Waals surface area (Å²) < 4.78 is 50.4. The number of hydrogen-bond acceptors (Lipinski definition) is 6. The van der Waals surface area contributed by atoms with Crippen molar-refractivity contribution in [2.75, 3.05) is 43.1 Å². The average Bonchev–Trinajstić information content (AvgIpc) is 2.91. The minimum Gasteiger partial charge on any atom is -0.452 e. The first kappa shape index (κ1) is 27.2. The number of ketones is 1. The van der Waals surface area contributed by atoms with Crippen molar-refractivity contribution in [1.29, 1.82) is 0 Å². The molecule has 0 radical (unpaired) electrons. The Balaban J connectivity index is 1.48. The van der Waals surface area contributed by atoms with Crippen LogP contribution in [0.15, 0.2) is 66.7 Å². The van der Waals surface area contributed by atoms with Crippen LogP contribution in [0.25, 0.3) is 0 Å². The SMILES string of the molecule is O=C(COC(=O)c1ccccc1C(=O)c1ccc(Cl)cc1)Nc1cc(C(F)(F)F)ccc1N1CCOCC1. The molecular formula is C27H22ClF3N2O5. The van der Waals surface area contributed by atoms with E-state index in [4.69, 9.17) is 21.1 Å². The third-order valence-electron chi connectivity index (χ3n) is 5.78. The molecule has 1 heterocycles. The molecule has 3 aromatic rings. The predicted octanol–water partition coefficient (Wildman–Crippen LogP) is 5.22. The number of morpholine rings is 1. The summed E-state index contributed by atoms with van der Waals surface area (Å²) in [6.45, 7) is 0.866. The molecule has 0 aromatic heterocycles. The quantitative estimate of drug-likeness (QED) is 0.323. The molecule has 4 rings (SSSR count). The topological polar surface area (TPSA) is 84.9 Å². The highest BCUT2D eigenvalue weighted by molar-refractivity contribution is 6.30. The van der Waals surface area contributed by atoms with Crippen molar-refractivity contribution >= 4 is 40.6 Å². The molecule has 0 aliphatic carbocycles. The van der Waals surface area contributed by atoms with Crippen molar-refractivity contribution in [3.8, 4) is 0 Å². The highest BCUT2D eigenvalue weighted by Crippen LogP contribution is 2.35. The van der Waals surface area contributed by atoms with E-state index in [0.29, 0.717) is 42.6 Å². The summed E-state index contributed by atoms with van der Waals surface area (Å²) >= 11 is 5.87. The number of alkyl halides is 3. The Kier molecular flexibility index (Phi) is 8.33. The Labute approximate surface area is 221 Å². The third-order valence-corrected chi connectivity index (χ3v) is 6.03. The standard InChI is InChI=1S/C27H22ClF3N2O5/c28-19-8-5-17(6-9-19)25(35)20-3-1-2-4-21(20)26(36)38-16-24(34)32-22-15-18(27(29,30)31)7-10-23(22)33-11-13-37-14-12-33/h1-10,15H,11-14,16H2,(H,32,34). The van der Waals surface area contributed by atoms with Gasteiger partial charge in [0.2, 0.25) is 0 Å². The van der Waals surface area contributed by atoms with Gasteiger partial charge in [-0.05, 0) is 48.5 Å². The lowest BCUT2D eigenvalue weighted by Crippen LogP contribution is -2.37. The van der Waals surface area contributed by atoms with Gasteiger partial charge in [0, 0.05) is 29.2 Å². The molecule has 1 N–H and O–H groups in total. The number of carbonyl (C=O) groups is 3. The van der Waals surface area contributed by atoms with Gasteiger partial charge in [-0.2, -0.15) is 13.2 Å². The maximum absolute atomic E-state index is 13.3. The number of amides is 1. The Hall–Kier alpha value is -3.89. The van der Waals surface area contributed by atoms with E-state index >= 15 is 0 Å². The summed E-state index contributed by atoms with van der Waals surface area (Å²) in [4.78, 5) is 40.1. The molecular weight excluding hydrogens is 525 g/mol. The summed E-state index contributed by atoms with van der Waals surface area (Å²) in [6.07, 6.45) is -4.62. The van der Waals surface area contributed by atoms with E-state index in [9.17, 15) is 27.6 Å². The van der Waals surface area contributed by atoms with E-state index in [1.807, 2.05) is 0 Å². The van der Waals surface area contributed by atoms with Crippen molar-refractivity contribution in [2.24, 2.45) is 0 Å². The van der Waals surface area contributed by atoms with Crippen molar-refractivity contribution in [1.82, 2.24) is 0 Å². The molecule has 198 valence electrons. The summed E-state index contributed by atoms with van der Waals surface area (Å²) in [6, 6.07) is 15.1. The maximum Gasteiger partial charge on any atom is 0.416 e. The molecule has 1 aliphatic rings. The van der Waals surface area contributed by atoms with Crippen LogP contribution in [0, 0.1) is 0 Å². The van der Waals surface area contributed by atoms with Crippen LogP contribution in [0.2, 0.25) is 5.02 Å². The molecule has 0 bridgehead atoms. The smallest absolute Gasteiger partial charge is 0.416 e. The predicted molar refractivity (Wildman–Crippen MR) is 135 cm³/mol. The first-order valence-corrected chi connectivity index (χ1v) is 11.9. The van der Waals surface area contributed by atoms with E-state index < -0.39 is 36.0 Å². The summed E-state index contributed by atoms with van der Waals surface area (Å²) in [5, 5.41) is 2.86. The normalized spacial score (nSPS) is 13.6. The molecule has 0 spiro atoms. The number of nitrogens with one attached hydrogen (secondary N) is 1. The second-order valence-corrected chi connectivity index (χ2v) is 8.77. The summed E-state index contributed by atoms with van der Waals surface area (Å²) in [5.41, 5.74) is -0.314. The van der Waals surface area contributed by atoms with Crippen LogP contribution in [-0.4, -0.2) is 50.6 Å².